The number of hydrogen-bond donors (Lipinski definition) is 1. The zero-order valence-electron chi connectivity index (χ0n) is 13.5. The SMILES string of the molecule is CCN(CC)C(C)(C)C(NC)c1ccc(OC)c(F)c1. The fourth-order valence-corrected chi connectivity index (χ4v) is 3.01. The minimum Gasteiger partial charge on any atom is -0.494 e. The Morgan fingerprint density at radius 3 is 2.30 bits per heavy atom. The summed E-state index contributed by atoms with van der Waals surface area (Å²) in [5.74, 6) is -0.0372. The van der Waals surface area contributed by atoms with E-state index in [2.05, 4.69) is 37.9 Å². The maximum Gasteiger partial charge on any atom is 0.165 e. The first-order chi connectivity index (χ1) is 9.42. The second-order valence-corrected chi connectivity index (χ2v) is 5.44. The van der Waals surface area contributed by atoms with Crippen LogP contribution in [0.15, 0.2) is 18.2 Å². The number of halogens is 1. The summed E-state index contributed by atoms with van der Waals surface area (Å²) < 4.78 is 18.9. The number of benzene rings is 1. The van der Waals surface area contributed by atoms with E-state index in [0.29, 0.717) is 0 Å². The molecule has 1 aromatic rings. The van der Waals surface area contributed by atoms with Crippen LogP contribution in [0.25, 0.3) is 0 Å². The zero-order valence-corrected chi connectivity index (χ0v) is 13.5. The van der Waals surface area contributed by atoms with Crippen molar-refractivity contribution in [3.05, 3.63) is 29.6 Å². The van der Waals surface area contributed by atoms with Crippen LogP contribution in [0.2, 0.25) is 0 Å². The Kier molecular flexibility index (Phi) is 5.96. The Morgan fingerprint density at radius 1 is 1.30 bits per heavy atom. The highest BCUT2D eigenvalue weighted by molar-refractivity contribution is 5.32. The van der Waals surface area contributed by atoms with Gasteiger partial charge in [-0.25, -0.2) is 4.39 Å². The fraction of sp³-hybridized carbons (Fsp3) is 0.625. The molecular weight excluding hydrogens is 255 g/mol. The van der Waals surface area contributed by atoms with Gasteiger partial charge < -0.3 is 10.1 Å². The summed E-state index contributed by atoms with van der Waals surface area (Å²) in [7, 11) is 3.39. The van der Waals surface area contributed by atoms with Crippen LogP contribution in [0.1, 0.15) is 39.3 Å². The van der Waals surface area contributed by atoms with E-state index < -0.39 is 0 Å². The lowest BCUT2D eigenvalue weighted by molar-refractivity contribution is 0.0943. The number of methoxy groups -OCH3 is 1. The van der Waals surface area contributed by atoms with Gasteiger partial charge in [-0.3, -0.25) is 4.90 Å². The van der Waals surface area contributed by atoms with Crippen molar-refractivity contribution in [1.82, 2.24) is 10.2 Å². The Bertz CT molecular complexity index is 430. The Balaban J connectivity index is 3.15. The minimum atomic E-state index is -0.319. The molecule has 0 amide bonds. The van der Waals surface area contributed by atoms with E-state index in [0.717, 1.165) is 18.7 Å². The molecule has 4 heteroatoms. The monoisotopic (exact) mass is 282 g/mol. The number of ether oxygens (including phenoxy) is 1. The topological polar surface area (TPSA) is 24.5 Å². The number of nitrogens with zero attached hydrogens (tertiary/aromatic N) is 1. The van der Waals surface area contributed by atoms with E-state index in [-0.39, 0.29) is 23.1 Å². The highest BCUT2D eigenvalue weighted by Crippen LogP contribution is 2.32. The molecule has 0 saturated heterocycles. The second-order valence-electron chi connectivity index (χ2n) is 5.44. The highest BCUT2D eigenvalue weighted by atomic mass is 19.1. The summed E-state index contributed by atoms with van der Waals surface area (Å²) in [5.41, 5.74) is 0.821. The summed E-state index contributed by atoms with van der Waals surface area (Å²) in [6.07, 6.45) is 0. The van der Waals surface area contributed by atoms with E-state index in [1.54, 1.807) is 12.1 Å². The first kappa shape index (κ1) is 16.9. The van der Waals surface area contributed by atoms with Crippen molar-refractivity contribution in [3.63, 3.8) is 0 Å². The third kappa shape index (κ3) is 3.30. The Labute approximate surface area is 122 Å². The lowest BCUT2D eigenvalue weighted by Gasteiger charge is -2.43. The molecule has 0 aliphatic rings. The lowest BCUT2D eigenvalue weighted by atomic mass is 9.86. The maximum atomic E-state index is 13.9. The molecule has 0 aliphatic heterocycles. The van der Waals surface area contributed by atoms with E-state index in [9.17, 15) is 4.39 Å². The van der Waals surface area contributed by atoms with Gasteiger partial charge in [-0.05, 0) is 51.7 Å². The van der Waals surface area contributed by atoms with E-state index in [1.807, 2.05) is 13.1 Å². The van der Waals surface area contributed by atoms with Crippen LogP contribution in [-0.2, 0) is 0 Å². The summed E-state index contributed by atoms with van der Waals surface area (Å²) in [6.45, 7) is 10.6. The molecule has 1 N–H and O–H groups in total. The normalized spacial score (nSPS) is 13.6. The van der Waals surface area contributed by atoms with Gasteiger partial charge in [-0.2, -0.15) is 0 Å². The molecule has 0 spiro atoms. The molecule has 1 atom stereocenters. The third-order valence-electron chi connectivity index (χ3n) is 4.08. The predicted molar refractivity (Wildman–Crippen MR) is 81.8 cm³/mol. The van der Waals surface area contributed by atoms with E-state index in [4.69, 9.17) is 4.74 Å². The molecule has 1 unspecified atom stereocenters. The van der Waals surface area contributed by atoms with Crippen LogP contribution in [0, 0.1) is 5.82 Å². The van der Waals surface area contributed by atoms with E-state index in [1.165, 1.54) is 7.11 Å². The van der Waals surface area contributed by atoms with Gasteiger partial charge >= 0.3 is 0 Å². The molecule has 20 heavy (non-hydrogen) atoms. The van der Waals surface area contributed by atoms with Gasteiger partial charge in [0.25, 0.3) is 0 Å². The van der Waals surface area contributed by atoms with Crippen LogP contribution >= 0.6 is 0 Å². The van der Waals surface area contributed by atoms with Crippen LogP contribution in [0.5, 0.6) is 5.75 Å². The molecule has 0 bridgehead atoms. The van der Waals surface area contributed by atoms with Crippen molar-refractivity contribution in [2.45, 2.75) is 39.3 Å². The quantitative estimate of drug-likeness (QED) is 0.831. The van der Waals surface area contributed by atoms with Gasteiger partial charge in [0.2, 0.25) is 0 Å². The van der Waals surface area contributed by atoms with E-state index >= 15 is 0 Å². The molecule has 0 saturated carbocycles. The van der Waals surface area contributed by atoms with Crippen molar-refractivity contribution in [3.8, 4) is 5.75 Å². The summed E-state index contributed by atoms with van der Waals surface area (Å²) in [4.78, 5) is 2.37. The van der Waals surface area contributed by atoms with Crippen molar-refractivity contribution in [2.75, 3.05) is 27.2 Å². The standard InChI is InChI=1S/C16H27FN2O/c1-7-19(8-2)16(3,4)15(18-5)12-9-10-14(20-6)13(17)11-12/h9-11,15,18H,7-8H2,1-6H3. The zero-order chi connectivity index (χ0) is 15.3. The van der Waals surface area contributed by atoms with Gasteiger partial charge in [0.1, 0.15) is 0 Å². The van der Waals surface area contributed by atoms with Gasteiger partial charge in [0, 0.05) is 11.6 Å². The Hall–Kier alpha value is -1.13. The first-order valence-corrected chi connectivity index (χ1v) is 7.18. The van der Waals surface area contributed by atoms with Crippen molar-refractivity contribution < 1.29 is 9.13 Å². The maximum absolute atomic E-state index is 13.9. The molecule has 3 nitrogen and oxygen atoms in total. The molecule has 1 aromatic carbocycles. The molecule has 0 aromatic heterocycles. The summed E-state index contributed by atoms with van der Waals surface area (Å²) >= 11 is 0. The molecule has 0 radical (unpaired) electrons. The largest absolute Gasteiger partial charge is 0.494 e. The number of rotatable bonds is 7. The number of hydrogen-bond acceptors (Lipinski definition) is 3. The van der Waals surface area contributed by atoms with Gasteiger partial charge in [-0.1, -0.05) is 19.9 Å². The molecule has 0 heterocycles. The second kappa shape index (κ2) is 7.04. The lowest BCUT2D eigenvalue weighted by Crippen LogP contribution is -2.51. The molecular formula is C16H27FN2O. The number of likely N-dealkylation sites (N-methyl/N-ethyl adjacent to an activating group) is 2. The average Bonchev–Trinajstić information content (AvgIpc) is 2.40. The smallest absolute Gasteiger partial charge is 0.165 e. The third-order valence-corrected chi connectivity index (χ3v) is 4.08. The van der Waals surface area contributed by atoms with Crippen LogP contribution < -0.4 is 10.1 Å². The average molecular weight is 282 g/mol. The fourth-order valence-electron chi connectivity index (χ4n) is 3.01. The van der Waals surface area contributed by atoms with Crippen molar-refractivity contribution in [2.24, 2.45) is 0 Å². The minimum absolute atomic E-state index is 0.0443. The van der Waals surface area contributed by atoms with Gasteiger partial charge in [0.15, 0.2) is 11.6 Å². The highest BCUT2D eigenvalue weighted by Gasteiger charge is 2.34. The molecule has 0 aliphatic carbocycles. The van der Waals surface area contributed by atoms with Crippen molar-refractivity contribution >= 4 is 0 Å². The number of nitrogens with one attached hydrogen (secondary N) is 1. The predicted octanol–water partition coefficient (Wildman–Crippen LogP) is 3.22. The molecule has 0 fully saturated rings. The first-order valence-electron chi connectivity index (χ1n) is 7.18. The Morgan fingerprint density at radius 2 is 1.90 bits per heavy atom. The van der Waals surface area contributed by atoms with Crippen LogP contribution in [-0.4, -0.2) is 37.7 Å². The van der Waals surface area contributed by atoms with Crippen LogP contribution in [0.4, 0.5) is 4.39 Å². The molecule has 1 rings (SSSR count). The van der Waals surface area contributed by atoms with Crippen molar-refractivity contribution in [1.29, 1.82) is 0 Å². The van der Waals surface area contributed by atoms with Gasteiger partial charge in [-0.15, -0.1) is 0 Å². The summed E-state index contributed by atoms with van der Waals surface area (Å²) in [5, 5.41) is 3.32. The van der Waals surface area contributed by atoms with Gasteiger partial charge in [0.05, 0.1) is 7.11 Å². The van der Waals surface area contributed by atoms with Crippen LogP contribution in [0.3, 0.4) is 0 Å². The summed E-state index contributed by atoms with van der Waals surface area (Å²) in [6, 6.07) is 5.22. The molecule has 114 valence electrons.